The number of hydrogen-bond acceptors (Lipinski definition) is 8. The van der Waals surface area contributed by atoms with E-state index < -0.39 is 30.2 Å². The van der Waals surface area contributed by atoms with E-state index in [0.29, 0.717) is 36.6 Å². The molecule has 0 radical (unpaired) electrons. The zero-order valence-corrected chi connectivity index (χ0v) is 22.4. The van der Waals surface area contributed by atoms with Gasteiger partial charge in [0.2, 0.25) is 12.7 Å². The molecule has 0 saturated heterocycles. The van der Waals surface area contributed by atoms with Crippen molar-refractivity contribution in [1.82, 2.24) is 31.2 Å². The summed E-state index contributed by atoms with van der Waals surface area (Å²) in [5.74, 6) is 1.40. The van der Waals surface area contributed by atoms with Crippen LogP contribution >= 0.6 is 0 Å². The molecule has 0 fully saturated rings. The van der Waals surface area contributed by atoms with Crippen LogP contribution in [0.3, 0.4) is 0 Å². The van der Waals surface area contributed by atoms with E-state index in [2.05, 4.69) is 36.0 Å². The average molecular weight is 569 g/mol. The van der Waals surface area contributed by atoms with Gasteiger partial charge in [0, 0.05) is 6.54 Å². The summed E-state index contributed by atoms with van der Waals surface area (Å²) < 4.78 is 14.8. The lowest BCUT2D eigenvalue weighted by atomic mass is 10.0. The van der Waals surface area contributed by atoms with E-state index in [1.54, 1.807) is 6.07 Å². The average Bonchev–Trinajstić information content (AvgIpc) is 3.59. The number of aromatic amines is 1. The standard InChI is InChI=1S/C27H32N6O8/c1-2-17(16-10-11-21-22(13-16)40-15-39-21)32-25(35)33-20(9-5-6-12-28-26(36)41-27(37)38)24(34)29-14-23-30-18-7-3-4-8-19(18)31-23/h3-4,7-8,10-11,13,17,20H,2,5-6,9,12,14-15H2,1H3,(H,28,36)(H,29,34)(H,30,31)(H,37,38)(H2,32,33,35)/t17-,20-/m0/s1. The van der Waals surface area contributed by atoms with Crippen LogP contribution in [0.1, 0.15) is 50.0 Å². The van der Waals surface area contributed by atoms with Crippen LogP contribution in [0, 0.1) is 0 Å². The number of aromatic nitrogens is 2. The molecule has 0 spiro atoms. The molecule has 6 N–H and O–H groups in total. The van der Waals surface area contributed by atoms with Gasteiger partial charge in [-0.15, -0.1) is 0 Å². The summed E-state index contributed by atoms with van der Waals surface area (Å²) in [6, 6.07) is 11.2. The molecule has 41 heavy (non-hydrogen) atoms. The highest BCUT2D eigenvalue weighted by atomic mass is 16.7. The van der Waals surface area contributed by atoms with Crippen LogP contribution in [0.15, 0.2) is 42.5 Å². The lowest BCUT2D eigenvalue weighted by Gasteiger charge is -2.22. The predicted octanol–water partition coefficient (Wildman–Crippen LogP) is 3.30. The maximum atomic E-state index is 13.1. The normalized spacial score (nSPS) is 13.2. The monoisotopic (exact) mass is 568 g/mol. The molecule has 1 aliphatic heterocycles. The number of carbonyl (C=O) groups excluding carboxylic acids is 3. The van der Waals surface area contributed by atoms with Crippen LogP contribution in [-0.4, -0.2) is 58.6 Å². The first-order valence-electron chi connectivity index (χ1n) is 13.2. The van der Waals surface area contributed by atoms with E-state index in [1.165, 1.54) is 0 Å². The number of rotatable bonds is 12. The number of unbranched alkanes of at least 4 members (excludes halogenated alkanes) is 1. The number of ether oxygens (including phenoxy) is 3. The molecular weight excluding hydrogens is 536 g/mol. The second kappa shape index (κ2) is 13.9. The molecule has 1 aliphatic rings. The van der Waals surface area contributed by atoms with E-state index in [-0.39, 0.29) is 32.3 Å². The minimum Gasteiger partial charge on any atom is -0.454 e. The van der Waals surface area contributed by atoms with Crippen molar-refractivity contribution >= 4 is 35.2 Å². The van der Waals surface area contributed by atoms with Crippen LogP contribution in [0.2, 0.25) is 0 Å². The third kappa shape index (κ3) is 8.24. The highest BCUT2D eigenvalue weighted by Crippen LogP contribution is 2.34. The molecule has 14 heteroatoms. The Labute approximate surface area is 235 Å². The number of fused-ring (bicyclic) bond motifs is 2. The molecule has 2 atom stereocenters. The van der Waals surface area contributed by atoms with Gasteiger partial charge in [-0.1, -0.05) is 25.1 Å². The Morgan fingerprint density at radius 2 is 1.85 bits per heavy atom. The molecular formula is C27H32N6O8. The number of carbonyl (C=O) groups is 4. The third-order valence-corrected chi connectivity index (χ3v) is 6.37. The van der Waals surface area contributed by atoms with Crippen LogP contribution < -0.4 is 30.7 Å². The molecule has 0 saturated carbocycles. The zero-order chi connectivity index (χ0) is 29.2. The van der Waals surface area contributed by atoms with Crippen LogP contribution in [0.4, 0.5) is 14.4 Å². The number of imidazole rings is 1. The number of urea groups is 1. The van der Waals surface area contributed by atoms with Gasteiger partial charge in [-0.25, -0.2) is 19.4 Å². The van der Waals surface area contributed by atoms with Crippen molar-refractivity contribution in [3.05, 3.63) is 53.9 Å². The molecule has 4 amide bonds. The molecule has 0 aliphatic carbocycles. The van der Waals surface area contributed by atoms with Crippen LogP contribution in [0.25, 0.3) is 11.0 Å². The number of amides is 4. The van der Waals surface area contributed by atoms with Crippen molar-refractivity contribution in [1.29, 1.82) is 0 Å². The van der Waals surface area contributed by atoms with Crippen molar-refractivity contribution in [2.24, 2.45) is 0 Å². The summed E-state index contributed by atoms with van der Waals surface area (Å²) in [7, 11) is 0. The van der Waals surface area contributed by atoms with Gasteiger partial charge < -0.3 is 45.6 Å². The predicted molar refractivity (Wildman–Crippen MR) is 145 cm³/mol. The molecule has 2 aromatic carbocycles. The highest BCUT2D eigenvalue weighted by molar-refractivity contribution is 5.87. The van der Waals surface area contributed by atoms with Crippen LogP contribution in [0.5, 0.6) is 11.5 Å². The van der Waals surface area contributed by atoms with Gasteiger partial charge in [0.15, 0.2) is 11.5 Å². The van der Waals surface area contributed by atoms with Crippen LogP contribution in [-0.2, 0) is 16.1 Å². The van der Waals surface area contributed by atoms with Crippen molar-refractivity contribution in [3.8, 4) is 11.5 Å². The lowest BCUT2D eigenvalue weighted by Crippen LogP contribution is -2.50. The third-order valence-electron chi connectivity index (χ3n) is 6.37. The summed E-state index contributed by atoms with van der Waals surface area (Å²) >= 11 is 0. The Hall–Kier alpha value is -5.01. The fourth-order valence-corrected chi connectivity index (χ4v) is 4.34. The quantitative estimate of drug-likeness (QED) is 0.108. The van der Waals surface area contributed by atoms with Gasteiger partial charge in [0.1, 0.15) is 11.9 Å². The smallest absolute Gasteiger partial charge is 0.454 e. The van der Waals surface area contributed by atoms with Gasteiger partial charge in [-0.2, -0.15) is 0 Å². The molecule has 1 aromatic heterocycles. The van der Waals surface area contributed by atoms with E-state index in [4.69, 9.17) is 14.6 Å². The highest BCUT2D eigenvalue weighted by Gasteiger charge is 2.23. The maximum Gasteiger partial charge on any atom is 0.514 e. The number of alkyl carbamates (subject to hydrolysis) is 1. The minimum atomic E-state index is -1.70. The number of H-pyrrole nitrogens is 1. The van der Waals surface area contributed by atoms with E-state index >= 15 is 0 Å². The summed E-state index contributed by atoms with van der Waals surface area (Å²) in [5, 5.41) is 19.3. The summed E-state index contributed by atoms with van der Waals surface area (Å²) in [6.07, 6.45) is -1.07. The van der Waals surface area contributed by atoms with E-state index in [9.17, 15) is 19.2 Å². The largest absolute Gasteiger partial charge is 0.514 e. The second-order valence-corrected chi connectivity index (χ2v) is 9.24. The van der Waals surface area contributed by atoms with Gasteiger partial charge in [0.25, 0.3) is 0 Å². The summed E-state index contributed by atoms with van der Waals surface area (Å²) in [6.45, 7) is 2.33. The van der Waals surface area contributed by atoms with Crippen molar-refractivity contribution in [2.75, 3.05) is 13.3 Å². The van der Waals surface area contributed by atoms with E-state index in [0.717, 1.165) is 16.6 Å². The molecule has 0 unspecified atom stereocenters. The number of carboxylic acid groups (broad SMARTS) is 1. The Bertz CT molecular complexity index is 1360. The topological polar surface area (TPSA) is 193 Å². The Kier molecular flexibility index (Phi) is 9.80. The molecule has 0 bridgehead atoms. The maximum absolute atomic E-state index is 13.1. The van der Waals surface area contributed by atoms with Crippen molar-refractivity contribution < 1.29 is 38.5 Å². The van der Waals surface area contributed by atoms with Gasteiger partial charge >= 0.3 is 18.3 Å². The first-order chi connectivity index (χ1) is 19.8. The molecule has 3 aromatic rings. The van der Waals surface area contributed by atoms with E-state index in [1.807, 2.05) is 43.3 Å². The fraction of sp³-hybridized carbons (Fsp3) is 0.370. The van der Waals surface area contributed by atoms with Gasteiger partial charge in [-0.3, -0.25) is 4.79 Å². The first-order valence-corrected chi connectivity index (χ1v) is 13.2. The number of hydrogen-bond donors (Lipinski definition) is 6. The molecule has 2 heterocycles. The number of benzene rings is 2. The zero-order valence-electron chi connectivity index (χ0n) is 22.4. The summed E-state index contributed by atoms with van der Waals surface area (Å²) in [5.41, 5.74) is 2.44. The number of nitrogens with one attached hydrogen (secondary N) is 5. The first kappa shape index (κ1) is 29.0. The molecule has 4 rings (SSSR count). The minimum absolute atomic E-state index is 0.130. The molecule has 14 nitrogen and oxygen atoms in total. The number of nitrogens with zero attached hydrogens (tertiary/aromatic N) is 1. The number of para-hydroxylation sites is 2. The van der Waals surface area contributed by atoms with Gasteiger partial charge in [-0.05, 0) is 55.5 Å². The molecule has 218 valence electrons. The Morgan fingerprint density at radius 1 is 1.05 bits per heavy atom. The fourth-order valence-electron chi connectivity index (χ4n) is 4.34. The SMILES string of the molecule is CC[C@H](NC(=O)N[C@@H](CCCCNC(=O)OC(=O)O)C(=O)NCc1nc2ccccc2[nH]1)c1ccc2c(c1)OCO2. The Morgan fingerprint density at radius 3 is 2.63 bits per heavy atom. The van der Waals surface area contributed by atoms with Crippen molar-refractivity contribution in [3.63, 3.8) is 0 Å². The second-order valence-electron chi connectivity index (χ2n) is 9.24. The Balaban J connectivity index is 1.34. The van der Waals surface area contributed by atoms with Gasteiger partial charge in [0.05, 0.1) is 23.6 Å². The summed E-state index contributed by atoms with van der Waals surface area (Å²) in [4.78, 5) is 55.5. The van der Waals surface area contributed by atoms with Crippen molar-refractivity contribution in [2.45, 2.75) is 51.2 Å². The lowest BCUT2D eigenvalue weighted by molar-refractivity contribution is -0.123.